The monoisotopic (exact) mass is 349 g/mol. The van der Waals surface area contributed by atoms with Crippen LogP contribution in [0.5, 0.6) is 5.75 Å². The van der Waals surface area contributed by atoms with Crippen LogP contribution in [0.2, 0.25) is 0 Å². The lowest BCUT2D eigenvalue weighted by molar-refractivity contribution is -0.367. The van der Waals surface area contributed by atoms with Gasteiger partial charge in [-0.25, -0.2) is 0 Å². The third kappa shape index (κ3) is 5.11. The van der Waals surface area contributed by atoms with Crippen molar-refractivity contribution in [2.75, 3.05) is 19.7 Å². The average Bonchev–Trinajstić information content (AvgIpc) is 2.85. The normalized spacial score (nSPS) is 16.2. The lowest BCUT2D eigenvalue weighted by Crippen LogP contribution is -2.55. The Morgan fingerprint density at radius 3 is 2.67 bits per heavy atom. The van der Waals surface area contributed by atoms with Crippen LogP contribution in [0.1, 0.15) is 31.7 Å². The fraction of sp³-hybridized carbons (Fsp3) is 0.444. The van der Waals surface area contributed by atoms with Crippen LogP contribution in [0, 0.1) is 0 Å². The van der Waals surface area contributed by atoms with Gasteiger partial charge in [0.1, 0.15) is 5.75 Å². The van der Waals surface area contributed by atoms with Crippen LogP contribution >= 0.6 is 11.8 Å². The number of ether oxygens (including phenoxy) is 1. The summed E-state index contributed by atoms with van der Waals surface area (Å²) in [6.45, 7) is 3.82. The summed E-state index contributed by atoms with van der Waals surface area (Å²) >= 11 is 1.02. The van der Waals surface area contributed by atoms with E-state index >= 15 is 0 Å². The van der Waals surface area contributed by atoms with E-state index in [2.05, 4.69) is 12.7 Å². The van der Waals surface area contributed by atoms with Crippen molar-refractivity contribution in [2.45, 2.75) is 32.6 Å². The van der Waals surface area contributed by atoms with Crippen LogP contribution in [0.15, 0.2) is 35.2 Å². The molecule has 3 N–H and O–H groups in total. The molecule has 0 spiro atoms. The van der Waals surface area contributed by atoms with Gasteiger partial charge in [-0.05, 0) is 48.7 Å². The summed E-state index contributed by atoms with van der Waals surface area (Å²) in [7, 11) is 0. The molecule has 0 atom stereocenters. The molecule has 0 radical (unpaired) electrons. The lowest BCUT2D eigenvalue weighted by atomic mass is 10.1. The van der Waals surface area contributed by atoms with Gasteiger partial charge in [0.15, 0.2) is 0 Å². The fourth-order valence-electron chi connectivity index (χ4n) is 2.35. The molecule has 0 aromatic heterocycles. The van der Waals surface area contributed by atoms with Crippen LogP contribution in [0.3, 0.4) is 0 Å². The maximum Gasteiger partial charge on any atom is 0.293 e. The van der Waals surface area contributed by atoms with Gasteiger partial charge in [0.2, 0.25) is 0 Å². The minimum atomic E-state index is -0.191. The molecule has 2 rings (SSSR count). The second-order valence-corrected chi connectivity index (χ2v) is 6.62. The predicted octanol–water partition coefficient (Wildman–Crippen LogP) is 2.62. The van der Waals surface area contributed by atoms with Gasteiger partial charge in [0.05, 0.1) is 24.6 Å². The molecule has 24 heavy (non-hydrogen) atoms. The van der Waals surface area contributed by atoms with Crippen molar-refractivity contribution in [1.29, 1.82) is 0 Å². The van der Waals surface area contributed by atoms with E-state index in [1.807, 2.05) is 30.3 Å². The Morgan fingerprint density at radius 1 is 1.25 bits per heavy atom. The van der Waals surface area contributed by atoms with Crippen LogP contribution in [0.25, 0.3) is 0 Å². The van der Waals surface area contributed by atoms with Gasteiger partial charge in [0, 0.05) is 0 Å². The van der Waals surface area contributed by atoms with Gasteiger partial charge in [-0.1, -0.05) is 31.6 Å². The highest BCUT2D eigenvalue weighted by atomic mass is 32.2. The Morgan fingerprint density at radius 2 is 2.00 bits per heavy atom. The maximum atomic E-state index is 12.1. The second kappa shape index (κ2) is 9.49. The molecule has 5 nitrogen and oxygen atoms in total. The minimum absolute atomic E-state index is 0.187. The van der Waals surface area contributed by atoms with E-state index in [4.69, 9.17) is 4.74 Å². The Balaban J connectivity index is 1.83. The van der Waals surface area contributed by atoms with E-state index in [1.54, 1.807) is 0 Å². The van der Waals surface area contributed by atoms with Crippen molar-refractivity contribution in [1.82, 2.24) is 4.90 Å². The zero-order chi connectivity index (χ0) is 17.4. The molecule has 1 aromatic rings. The number of hydrogen-bond donors (Lipinski definition) is 1. The van der Waals surface area contributed by atoms with Crippen molar-refractivity contribution in [3.05, 3.63) is 40.8 Å². The molecule has 1 aliphatic heterocycles. The zero-order valence-electron chi connectivity index (χ0n) is 14.1. The third-order valence-corrected chi connectivity index (χ3v) is 4.66. The van der Waals surface area contributed by atoms with E-state index in [0.717, 1.165) is 49.8 Å². The first-order chi connectivity index (χ1) is 11.7. The molecule has 6 heteroatoms. The van der Waals surface area contributed by atoms with E-state index in [-0.39, 0.29) is 11.1 Å². The summed E-state index contributed by atoms with van der Waals surface area (Å²) in [5, 5.41) is -0.191. The van der Waals surface area contributed by atoms with E-state index < -0.39 is 0 Å². The molecule has 0 saturated carbocycles. The standard InChI is InChI=1S/C18H24N2O3S/c1-2-3-13-23-15-9-7-14(8-10-15)5-4-6-16-17(21)20(12-11-19)18(22)24-16/h6-10H,2-5,11-13,19H2,1H3/p+1/b16-6-. The zero-order valence-corrected chi connectivity index (χ0v) is 14.9. The summed E-state index contributed by atoms with van der Waals surface area (Å²) in [5.41, 5.74) is 4.88. The number of quaternary nitrogens is 1. The number of allylic oxidation sites excluding steroid dienone is 1. The Kier molecular flexibility index (Phi) is 7.34. The highest BCUT2D eigenvalue weighted by Crippen LogP contribution is 2.30. The highest BCUT2D eigenvalue weighted by molar-refractivity contribution is 8.18. The van der Waals surface area contributed by atoms with Gasteiger partial charge in [-0.15, -0.1) is 0 Å². The Hall–Kier alpha value is -1.79. The van der Waals surface area contributed by atoms with Crippen LogP contribution < -0.4 is 10.5 Å². The average molecular weight is 349 g/mol. The van der Waals surface area contributed by atoms with Gasteiger partial charge in [-0.2, -0.15) is 0 Å². The topological polar surface area (TPSA) is 74.2 Å². The highest BCUT2D eigenvalue weighted by Gasteiger charge is 2.34. The first-order valence-electron chi connectivity index (χ1n) is 8.40. The predicted molar refractivity (Wildman–Crippen MR) is 95.7 cm³/mol. The van der Waals surface area contributed by atoms with Crippen LogP contribution in [0.4, 0.5) is 4.79 Å². The molecule has 130 valence electrons. The molecular weight excluding hydrogens is 324 g/mol. The number of thioether (sulfide) groups is 1. The number of rotatable bonds is 9. The number of carbonyl (C=O) groups excluding carboxylic acids is 2. The fourth-order valence-corrected chi connectivity index (χ4v) is 3.22. The van der Waals surface area contributed by atoms with Crippen molar-refractivity contribution in [3.63, 3.8) is 0 Å². The molecule has 1 aromatic carbocycles. The first kappa shape index (κ1) is 18.5. The molecule has 0 unspecified atom stereocenters. The molecular formula is C18H25N2O3S+. The largest absolute Gasteiger partial charge is 0.494 e. The van der Waals surface area contributed by atoms with E-state index in [0.29, 0.717) is 18.0 Å². The van der Waals surface area contributed by atoms with Crippen molar-refractivity contribution in [2.24, 2.45) is 0 Å². The number of carbonyl (C=O) groups is 2. The number of unbranched alkanes of at least 4 members (excludes halogenated alkanes) is 1. The molecule has 1 aliphatic rings. The maximum absolute atomic E-state index is 12.1. The van der Waals surface area contributed by atoms with Crippen molar-refractivity contribution in [3.8, 4) is 5.75 Å². The third-order valence-electron chi connectivity index (χ3n) is 3.71. The van der Waals surface area contributed by atoms with Gasteiger partial charge < -0.3 is 10.5 Å². The number of nitrogens with zero attached hydrogens (tertiary/aromatic N) is 1. The summed E-state index contributed by atoms with van der Waals surface area (Å²) < 4.78 is 5.64. The van der Waals surface area contributed by atoms with Gasteiger partial charge >= 0.3 is 0 Å². The Bertz CT molecular complexity index is 599. The SMILES string of the molecule is CCCCOc1ccc(CC/C=C2\SC(=O)N(CC[NH3+])C2=O)cc1. The quantitative estimate of drug-likeness (QED) is 0.549. The van der Waals surface area contributed by atoms with Crippen molar-refractivity contribution < 1.29 is 20.1 Å². The smallest absolute Gasteiger partial charge is 0.293 e. The van der Waals surface area contributed by atoms with Gasteiger partial charge in [-0.3, -0.25) is 14.5 Å². The number of hydrogen-bond acceptors (Lipinski definition) is 4. The number of imide groups is 1. The number of amides is 2. The molecule has 1 heterocycles. The molecule has 2 amide bonds. The van der Waals surface area contributed by atoms with Crippen LogP contribution in [-0.4, -0.2) is 35.7 Å². The lowest BCUT2D eigenvalue weighted by Gasteiger charge is -2.08. The second-order valence-electron chi connectivity index (χ2n) is 5.63. The van der Waals surface area contributed by atoms with Crippen LogP contribution in [-0.2, 0) is 11.2 Å². The Labute approximate surface area is 147 Å². The molecule has 0 bridgehead atoms. The molecule has 0 aliphatic carbocycles. The summed E-state index contributed by atoms with van der Waals surface area (Å²) in [6.07, 6.45) is 5.61. The number of benzene rings is 1. The summed E-state index contributed by atoms with van der Waals surface area (Å²) in [5.74, 6) is 0.704. The summed E-state index contributed by atoms with van der Waals surface area (Å²) in [4.78, 5) is 25.6. The van der Waals surface area contributed by atoms with Crippen molar-refractivity contribution >= 4 is 22.9 Å². The van der Waals surface area contributed by atoms with E-state index in [1.165, 1.54) is 10.5 Å². The molecule has 1 fully saturated rings. The van der Waals surface area contributed by atoms with Gasteiger partial charge in [0.25, 0.3) is 11.1 Å². The number of aryl methyl sites for hydroxylation is 1. The first-order valence-corrected chi connectivity index (χ1v) is 9.22. The van der Waals surface area contributed by atoms with E-state index in [9.17, 15) is 9.59 Å². The minimum Gasteiger partial charge on any atom is -0.494 e. The summed E-state index contributed by atoms with van der Waals surface area (Å²) in [6, 6.07) is 8.05. The molecule has 1 saturated heterocycles.